The van der Waals surface area contributed by atoms with E-state index in [1.165, 1.54) is 36.4 Å². The van der Waals surface area contributed by atoms with Gasteiger partial charge >= 0.3 is 0 Å². The topological polar surface area (TPSA) is 117 Å². The van der Waals surface area contributed by atoms with Crippen LogP contribution in [0.1, 0.15) is 5.56 Å². The van der Waals surface area contributed by atoms with Crippen LogP contribution in [0.2, 0.25) is 0 Å². The highest BCUT2D eigenvalue weighted by molar-refractivity contribution is 7.98. The molecule has 0 saturated heterocycles. The molecule has 0 saturated carbocycles. The van der Waals surface area contributed by atoms with Gasteiger partial charge in [0.15, 0.2) is 18.2 Å². The lowest BCUT2D eigenvalue weighted by Crippen LogP contribution is -2.15. The molecule has 7 nitrogen and oxygen atoms in total. The van der Waals surface area contributed by atoms with E-state index in [4.69, 9.17) is 9.15 Å². The average Bonchev–Trinajstić information content (AvgIpc) is 2.82. The number of thioether (sulfide) groups is 1. The summed E-state index contributed by atoms with van der Waals surface area (Å²) in [6.45, 7) is -0.445. The summed E-state index contributed by atoms with van der Waals surface area (Å²) < 4.78 is 11.4. The molecule has 0 aliphatic carbocycles. The molecule has 0 atom stereocenters. The molecule has 0 radical (unpaired) electrons. The summed E-state index contributed by atoms with van der Waals surface area (Å²) >= 11 is 1.62. The summed E-state index contributed by atoms with van der Waals surface area (Å²) in [5, 5.41) is 29.4. The fraction of sp³-hybridized carbons (Fsp3) is 0.0769. The van der Waals surface area contributed by atoms with Crippen LogP contribution in [0, 0.1) is 0 Å². The molecular weight excluding hydrogens is 456 g/mol. The van der Waals surface area contributed by atoms with Gasteiger partial charge in [-0.15, -0.1) is 11.8 Å². The molecule has 4 aromatic rings. The molecule has 1 heterocycles. The van der Waals surface area contributed by atoms with Crippen molar-refractivity contribution in [3.63, 3.8) is 0 Å². The van der Waals surface area contributed by atoms with Crippen LogP contribution in [0.3, 0.4) is 0 Å². The Morgan fingerprint density at radius 3 is 2.38 bits per heavy atom. The lowest BCUT2D eigenvalue weighted by molar-refractivity contribution is -0.116. The van der Waals surface area contributed by atoms with Crippen LogP contribution < -0.4 is 10.2 Å². The molecule has 0 aliphatic rings. The summed E-state index contributed by atoms with van der Waals surface area (Å²) in [5.41, 5.74) is 0.474. The highest BCUT2D eigenvalue weighted by Gasteiger charge is 2.21. The number of aromatic hydroxyl groups is 3. The van der Waals surface area contributed by atoms with E-state index >= 15 is 0 Å². The number of phenolic OH excluding ortho intramolecular Hbond substituents is 3. The van der Waals surface area contributed by atoms with E-state index in [2.05, 4.69) is 0 Å². The van der Waals surface area contributed by atoms with Gasteiger partial charge < -0.3 is 24.5 Å². The van der Waals surface area contributed by atoms with Gasteiger partial charge in [-0.05, 0) is 54.3 Å². The Labute approximate surface area is 198 Å². The second-order valence-electron chi connectivity index (χ2n) is 7.34. The maximum absolute atomic E-state index is 13.2. The molecule has 8 heteroatoms. The molecule has 0 unspecified atom stereocenters. The molecule has 34 heavy (non-hydrogen) atoms. The van der Waals surface area contributed by atoms with Crippen molar-refractivity contribution in [1.82, 2.24) is 0 Å². The molecular formula is C26H20O7S. The van der Waals surface area contributed by atoms with Crippen molar-refractivity contribution in [2.75, 3.05) is 12.9 Å². The van der Waals surface area contributed by atoms with E-state index in [0.29, 0.717) is 5.56 Å². The van der Waals surface area contributed by atoms with E-state index in [0.717, 1.165) is 16.5 Å². The molecule has 0 bridgehead atoms. The summed E-state index contributed by atoms with van der Waals surface area (Å²) in [7, 11) is 0. The molecule has 3 aromatic carbocycles. The number of hydrogen-bond acceptors (Lipinski definition) is 8. The van der Waals surface area contributed by atoms with Crippen LogP contribution in [0.25, 0.3) is 28.4 Å². The number of hydrogen-bond donors (Lipinski definition) is 3. The van der Waals surface area contributed by atoms with Gasteiger partial charge in [0.25, 0.3) is 0 Å². The van der Waals surface area contributed by atoms with E-state index in [1.54, 1.807) is 17.8 Å². The second kappa shape index (κ2) is 9.76. The molecule has 0 spiro atoms. The fourth-order valence-corrected chi connectivity index (χ4v) is 3.71. The Morgan fingerprint density at radius 2 is 1.71 bits per heavy atom. The molecule has 4 rings (SSSR count). The third-order valence-corrected chi connectivity index (χ3v) is 5.73. The molecule has 172 valence electrons. The lowest BCUT2D eigenvalue weighted by Gasteiger charge is -2.12. The minimum atomic E-state index is -0.703. The number of phenols is 3. The predicted molar refractivity (Wildman–Crippen MR) is 131 cm³/mol. The van der Waals surface area contributed by atoms with Crippen molar-refractivity contribution in [3.05, 3.63) is 82.5 Å². The summed E-state index contributed by atoms with van der Waals surface area (Å²) in [6.07, 6.45) is 4.98. The van der Waals surface area contributed by atoms with Gasteiger partial charge in [-0.2, -0.15) is 0 Å². The van der Waals surface area contributed by atoms with Gasteiger partial charge in [-0.25, -0.2) is 0 Å². The fourth-order valence-electron chi connectivity index (χ4n) is 3.30. The summed E-state index contributed by atoms with van der Waals surface area (Å²) in [5.74, 6) is -1.43. The van der Waals surface area contributed by atoms with Gasteiger partial charge in [0.1, 0.15) is 28.2 Å². The van der Waals surface area contributed by atoms with Crippen LogP contribution in [0.4, 0.5) is 0 Å². The maximum atomic E-state index is 13.2. The molecule has 0 amide bonds. The zero-order chi connectivity index (χ0) is 24.2. The molecule has 0 aliphatic heterocycles. The highest BCUT2D eigenvalue weighted by atomic mass is 32.2. The minimum absolute atomic E-state index is 0.00747. The van der Waals surface area contributed by atoms with Crippen molar-refractivity contribution < 1.29 is 29.3 Å². The van der Waals surface area contributed by atoms with Crippen LogP contribution in [-0.4, -0.2) is 34.0 Å². The Balaban J connectivity index is 1.67. The number of carbonyl (C=O) groups excluding carboxylic acids is 1. The SMILES string of the molecule is CSc1ccc(/C=C/C(=O)COc2c(-c3ccc(O)cc3)oc3cc(O)cc(O)c3c2=O)cc1. The number of fused-ring (bicyclic) bond motifs is 1. The van der Waals surface area contributed by atoms with Gasteiger partial charge in [0, 0.05) is 22.6 Å². The molecule has 1 aromatic heterocycles. The Morgan fingerprint density at radius 1 is 1.00 bits per heavy atom. The maximum Gasteiger partial charge on any atom is 0.239 e. The average molecular weight is 477 g/mol. The zero-order valence-corrected chi connectivity index (χ0v) is 18.8. The minimum Gasteiger partial charge on any atom is -0.508 e. The standard InChI is InChI=1S/C26H20O7S/c1-34-20-10-3-15(4-11-20)2-7-18(28)14-32-26-24(31)23-21(30)12-19(29)13-22(23)33-25(26)16-5-8-17(27)9-6-16/h2-13,27,29-30H,14H2,1H3/b7-2+. The van der Waals surface area contributed by atoms with E-state index in [-0.39, 0.29) is 39.8 Å². The smallest absolute Gasteiger partial charge is 0.239 e. The third-order valence-electron chi connectivity index (χ3n) is 4.98. The monoisotopic (exact) mass is 476 g/mol. The van der Waals surface area contributed by atoms with Crippen molar-refractivity contribution in [2.45, 2.75) is 4.90 Å². The molecule has 3 N–H and O–H groups in total. The zero-order valence-electron chi connectivity index (χ0n) is 18.0. The van der Waals surface area contributed by atoms with Crippen molar-refractivity contribution >= 4 is 34.6 Å². The first-order valence-corrected chi connectivity index (χ1v) is 11.4. The Kier molecular flexibility index (Phi) is 6.60. The van der Waals surface area contributed by atoms with Crippen LogP contribution in [0.15, 0.2) is 80.8 Å². The van der Waals surface area contributed by atoms with Gasteiger partial charge in [0.05, 0.1) is 0 Å². The number of rotatable bonds is 7. The van der Waals surface area contributed by atoms with Gasteiger partial charge in [-0.1, -0.05) is 18.2 Å². The quantitative estimate of drug-likeness (QED) is 0.253. The first-order valence-electron chi connectivity index (χ1n) is 10.2. The first-order chi connectivity index (χ1) is 16.4. The number of ether oxygens (including phenoxy) is 1. The number of carbonyl (C=O) groups is 1. The second-order valence-corrected chi connectivity index (χ2v) is 8.22. The van der Waals surface area contributed by atoms with Crippen LogP contribution >= 0.6 is 11.8 Å². The summed E-state index contributed by atoms with van der Waals surface area (Å²) in [4.78, 5) is 26.7. The lowest BCUT2D eigenvalue weighted by atomic mass is 10.1. The van der Waals surface area contributed by atoms with E-state index in [9.17, 15) is 24.9 Å². The number of benzene rings is 3. The van der Waals surface area contributed by atoms with Gasteiger partial charge in [0.2, 0.25) is 11.2 Å². The third kappa shape index (κ3) is 4.92. The van der Waals surface area contributed by atoms with Crippen molar-refractivity contribution in [1.29, 1.82) is 0 Å². The summed E-state index contributed by atoms with van der Waals surface area (Å²) in [6, 6.07) is 15.7. The highest BCUT2D eigenvalue weighted by Crippen LogP contribution is 2.36. The Bertz CT molecular complexity index is 1440. The number of ketones is 1. The van der Waals surface area contributed by atoms with E-state index < -0.39 is 17.8 Å². The first kappa shape index (κ1) is 23.0. The van der Waals surface area contributed by atoms with Gasteiger partial charge in [-0.3, -0.25) is 9.59 Å². The molecule has 0 fully saturated rings. The normalized spacial score (nSPS) is 11.2. The Hall–Kier alpha value is -4.17. The van der Waals surface area contributed by atoms with Crippen molar-refractivity contribution in [3.8, 4) is 34.3 Å². The van der Waals surface area contributed by atoms with E-state index in [1.807, 2.05) is 30.5 Å². The van der Waals surface area contributed by atoms with Crippen LogP contribution in [0.5, 0.6) is 23.0 Å². The largest absolute Gasteiger partial charge is 0.508 e. The predicted octanol–water partition coefficient (Wildman–Crippen LogP) is 4.96. The van der Waals surface area contributed by atoms with Crippen LogP contribution in [-0.2, 0) is 4.79 Å². The van der Waals surface area contributed by atoms with Crippen molar-refractivity contribution in [2.24, 2.45) is 0 Å².